The number of halogens is 1. The summed E-state index contributed by atoms with van der Waals surface area (Å²) in [7, 11) is 0. The van der Waals surface area contributed by atoms with E-state index in [2.05, 4.69) is 5.32 Å². The number of rotatable bonds is 5. The molecule has 0 saturated heterocycles. The molecular weight excluding hydrogens is 181 g/mol. The Labute approximate surface area is 83.8 Å². The number of aliphatic hydroxyl groups excluding tert-OH is 1. The Balaban J connectivity index is 2.42. The maximum atomic E-state index is 12.7. The van der Waals surface area contributed by atoms with Gasteiger partial charge in [-0.1, -0.05) is 0 Å². The molecule has 0 fully saturated rings. The van der Waals surface area contributed by atoms with Gasteiger partial charge in [0.2, 0.25) is 0 Å². The van der Waals surface area contributed by atoms with Crippen LogP contribution in [-0.2, 0) is 0 Å². The minimum absolute atomic E-state index is 0.205. The molecule has 0 bridgehead atoms. The summed E-state index contributed by atoms with van der Waals surface area (Å²) in [4.78, 5) is 0. The van der Waals surface area contributed by atoms with Crippen molar-refractivity contribution in [3.05, 3.63) is 29.6 Å². The number of nitrogens with one attached hydrogen (secondary N) is 1. The van der Waals surface area contributed by atoms with Gasteiger partial charge in [0.15, 0.2) is 0 Å². The van der Waals surface area contributed by atoms with Gasteiger partial charge in [-0.25, -0.2) is 4.39 Å². The highest BCUT2D eigenvalue weighted by atomic mass is 19.1. The van der Waals surface area contributed by atoms with Crippen molar-refractivity contribution in [2.24, 2.45) is 0 Å². The first kappa shape index (κ1) is 11.0. The van der Waals surface area contributed by atoms with Crippen LogP contribution in [0.15, 0.2) is 18.2 Å². The van der Waals surface area contributed by atoms with Gasteiger partial charge in [-0.15, -0.1) is 0 Å². The Morgan fingerprint density at radius 1 is 1.36 bits per heavy atom. The predicted molar refractivity (Wildman–Crippen MR) is 55.9 cm³/mol. The number of aryl methyl sites for hydroxylation is 1. The summed E-state index contributed by atoms with van der Waals surface area (Å²) < 4.78 is 12.7. The van der Waals surface area contributed by atoms with E-state index in [1.54, 1.807) is 6.07 Å². The van der Waals surface area contributed by atoms with Gasteiger partial charge in [0.1, 0.15) is 5.82 Å². The van der Waals surface area contributed by atoms with E-state index >= 15 is 0 Å². The topological polar surface area (TPSA) is 32.3 Å². The number of anilines is 1. The molecule has 14 heavy (non-hydrogen) atoms. The first-order valence-corrected chi connectivity index (χ1v) is 4.85. The van der Waals surface area contributed by atoms with Crippen molar-refractivity contribution < 1.29 is 9.50 Å². The average Bonchev–Trinajstić information content (AvgIpc) is 2.15. The van der Waals surface area contributed by atoms with Crippen LogP contribution in [0.1, 0.15) is 18.4 Å². The normalized spacial score (nSPS) is 10.2. The number of benzene rings is 1. The molecule has 0 aliphatic rings. The minimum atomic E-state index is -0.205. The maximum absolute atomic E-state index is 12.7. The van der Waals surface area contributed by atoms with Crippen molar-refractivity contribution >= 4 is 5.69 Å². The molecule has 2 nitrogen and oxygen atoms in total. The van der Waals surface area contributed by atoms with E-state index in [0.29, 0.717) is 0 Å². The van der Waals surface area contributed by atoms with Crippen LogP contribution in [0.3, 0.4) is 0 Å². The summed E-state index contributed by atoms with van der Waals surface area (Å²) >= 11 is 0. The summed E-state index contributed by atoms with van der Waals surface area (Å²) in [6.45, 7) is 2.91. The van der Waals surface area contributed by atoms with E-state index in [4.69, 9.17) is 5.11 Å². The molecule has 0 amide bonds. The van der Waals surface area contributed by atoms with E-state index in [1.165, 1.54) is 12.1 Å². The number of unbranched alkanes of at least 4 members (excludes halogenated alkanes) is 1. The van der Waals surface area contributed by atoms with Gasteiger partial charge < -0.3 is 10.4 Å². The number of hydrogen-bond acceptors (Lipinski definition) is 2. The first-order valence-electron chi connectivity index (χ1n) is 4.85. The molecule has 1 rings (SSSR count). The summed E-state index contributed by atoms with van der Waals surface area (Å²) in [5.74, 6) is -0.205. The van der Waals surface area contributed by atoms with E-state index in [-0.39, 0.29) is 12.4 Å². The molecule has 0 aromatic heterocycles. The molecule has 0 aliphatic carbocycles. The molecule has 3 heteroatoms. The average molecular weight is 197 g/mol. The van der Waals surface area contributed by atoms with Gasteiger partial charge in [0.05, 0.1) is 0 Å². The second-order valence-corrected chi connectivity index (χ2v) is 3.32. The molecule has 1 aromatic carbocycles. The van der Waals surface area contributed by atoms with Gasteiger partial charge in [-0.05, 0) is 43.5 Å². The highest BCUT2D eigenvalue weighted by Crippen LogP contribution is 2.15. The van der Waals surface area contributed by atoms with Gasteiger partial charge in [-0.3, -0.25) is 0 Å². The number of aliphatic hydroxyl groups is 1. The summed E-state index contributed by atoms with van der Waals surface area (Å²) in [6, 6.07) is 4.69. The minimum Gasteiger partial charge on any atom is -0.396 e. The van der Waals surface area contributed by atoms with E-state index < -0.39 is 0 Å². The van der Waals surface area contributed by atoms with Crippen LogP contribution in [0.5, 0.6) is 0 Å². The van der Waals surface area contributed by atoms with Crippen LogP contribution >= 0.6 is 0 Å². The van der Waals surface area contributed by atoms with Crippen molar-refractivity contribution in [1.29, 1.82) is 0 Å². The molecule has 0 aliphatic heterocycles. The third kappa shape index (κ3) is 3.34. The SMILES string of the molecule is Cc1cc(F)ccc1NCCCCO. The summed E-state index contributed by atoms with van der Waals surface area (Å²) in [5, 5.41) is 11.8. The lowest BCUT2D eigenvalue weighted by atomic mass is 10.2. The van der Waals surface area contributed by atoms with Crippen molar-refractivity contribution in [2.45, 2.75) is 19.8 Å². The molecule has 0 heterocycles. The quantitative estimate of drug-likeness (QED) is 0.710. The molecule has 78 valence electrons. The van der Waals surface area contributed by atoms with Crippen LogP contribution in [-0.4, -0.2) is 18.3 Å². The number of hydrogen-bond donors (Lipinski definition) is 2. The third-order valence-corrected chi connectivity index (χ3v) is 2.09. The molecule has 0 spiro atoms. The lowest BCUT2D eigenvalue weighted by Gasteiger charge is -2.08. The Bertz CT molecular complexity index is 289. The van der Waals surface area contributed by atoms with Crippen LogP contribution < -0.4 is 5.32 Å². The van der Waals surface area contributed by atoms with Crippen LogP contribution in [0, 0.1) is 12.7 Å². The molecule has 0 atom stereocenters. The highest BCUT2D eigenvalue weighted by Gasteiger charge is 1.98. The van der Waals surface area contributed by atoms with Crippen LogP contribution in [0.2, 0.25) is 0 Å². The smallest absolute Gasteiger partial charge is 0.123 e. The highest BCUT2D eigenvalue weighted by molar-refractivity contribution is 5.50. The first-order chi connectivity index (χ1) is 6.74. The Morgan fingerprint density at radius 2 is 2.14 bits per heavy atom. The Kier molecular flexibility index (Phi) is 4.40. The van der Waals surface area contributed by atoms with Gasteiger partial charge in [0.25, 0.3) is 0 Å². The van der Waals surface area contributed by atoms with E-state index in [0.717, 1.165) is 30.6 Å². The maximum Gasteiger partial charge on any atom is 0.123 e. The zero-order valence-corrected chi connectivity index (χ0v) is 8.39. The predicted octanol–water partition coefficient (Wildman–Crippen LogP) is 2.32. The fourth-order valence-corrected chi connectivity index (χ4v) is 1.29. The Hall–Kier alpha value is -1.09. The molecule has 0 unspecified atom stereocenters. The molecular formula is C11H16FNO. The zero-order valence-electron chi connectivity index (χ0n) is 8.39. The van der Waals surface area contributed by atoms with Crippen molar-refractivity contribution in [2.75, 3.05) is 18.5 Å². The lowest BCUT2D eigenvalue weighted by Crippen LogP contribution is -2.03. The van der Waals surface area contributed by atoms with E-state index in [1.807, 2.05) is 6.92 Å². The fourth-order valence-electron chi connectivity index (χ4n) is 1.29. The Morgan fingerprint density at radius 3 is 2.79 bits per heavy atom. The fraction of sp³-hybridized carbons (Fsp3) is 0.455. The van der Waals surface area contributed by atoms with Crippen molar-refractivity contribution in [3.63, 3.8) is 0 Å². The van der Waals surface area contributed by atoms with Crippen LogP contribution in [0.4, 0.5) is 10.1 Å². The second-order valence-electron chi connectivity index (χ2n) is 3.32. The molecule has 1 aromatic rings. The van der Waals surface area contributed by atoms with Crippen molar-refractivity contribution in [3.8, 4) is 0 Å². The standard InChI is InChI=1S/C11H16FNO/c1-9-8-10(12)4-5-11(9)13-6-2-3-7-14/h4-5,8,13-14H,2-3,6-7H2,1H3. The van der Waals surface area contributed by atoms with Gasteiger partial charge in [0, 0.05) is 18.8 Å². The second kappa shape index (κ2) is 5.60. The zero-order chi connectivity index (χ0) is 10.4. The molecule has 2 N–H and O–H groups in total. The van der Waals surface area contributed by atoms with Gasteiger partial charge >= 0.3 is 0 Å². The largest absolute Gasteiger partial charge is 0.396 e. The van der Waals surface area contributed by atoms with E-state index in [9.17, 15) is 4.39 Å². The summed E-state index contributed by atoms with van der Waals surface area (Å²) in [6.07, 6.45) is 1.72. The lowest BCUT2D eigenvalue weighted by molar-refractivity contribution is 0.286. The summed E-state index contributed by atoms with van der Waals surface area (Å²) in [5.41, 5.74) is 1.87. The third-order valence-electron chi connectivity index (χ3n) is 2.09. The van der Waals surface area contributed by atoms with Crippen molar-refractivity contribution in [1.82, 2.24) is 0 Å². The van der Waals surface area contributed by atoms with Gasteiger partial charge in [-0.2, -0.15) is 0 Å². The molecule has 0 radical (unpaired) electrons. The monoisotopic (exact) mass is 197 g/mol. The molecule has 0 saturated carbocycles. The van der Waals surface area contributed by atoms with Crippen LogP contribution in [0.25, 0.3) is 0 Å².